The maximum Gasteiger partial charge on any atom is 0.418 e. The molecule has 2 aromatic carbocycles. The second-order valence-corrected chi connectivity index (χ2v) is 4.86. The van der Waals surface area contributed by atoms with Gasteiger partial charge >= 0.3 is 6.18 Å². The Morgan fingerprint density at radius 1 is 1.05 bits per heavy atom. The van der Waals surface area contributed by atoms with Gasteiger partial charge in [-0.2, -0.15) is 18.4 Å². The number of para-hydroxylation sites is 1. The Hall–Kier alpha value is -2.07. The van der Waals surface area contributed by atoms with Crippen LogP contribution in [0.5, 0.6) is 0 Å². The standard InChI is InChI=1S/C14H7BrF4N2/c15-12-8(7-20)5-6-11(13(12)16)21-10-4-2-1-3-9(10)14(17,18)19/h1-6,21H. The lowest BCUT2D eigenvalue weighted by molar-refractivity contribution is -0.136. The van der Waals surface area contributed by atoms with E-state index in [1.54, 1.807) is 6.07 Å². The molecular weight excluding hydrogens is 352 g/mol. The molecule has 2 nitrogen and oxygen atoms in total. The van der Waals surface area contributed by atoms with Gasteiger partial charge in [-0.25, -0.2) is 4.39 Å². The monoisotopic (exact) mass is 358 g/mol. The topological polar surface area (TPSA) is 35.8 Å². The molecule has 1 N–H and O–H groups in total. The summed E-state index contributed by atoms with van der Waals surface area (Å²) in [5.74, 6) is -0.828. The Morgan fingerprint density at radius 3 is 2.33 bits per heavy atom. The van der Waals surface area contributed by atoms with Crippen molar-refractivity contribution in [2.45, 2.75) is 6.18 Å². The molecular formula is C14H7BrF4N2. The largest absolute Gasteiger partial charge is 0.418 e. The second-order valence-electron chi connectivity index (χ2n) is 4.07. The Labute approximate surface area is 126 Å². The fourth-order valence-corrected chi connectivity index (χ4v) is 2.15. The van der Waals surface area contributed by atoms with Gasteiger partial charge in [0.25, 0.3) is 0 Å². The van der Waals surface area contributed by atoms with Crippen molar-refractivity contribution in [1.29, 1.82) is 5.26 Å². The molecule has 7 heteroatoms. The number of hydrogen-bond acceptors (Lipinski definition) is 2. The van der Waals surface area contributed by atoms with E-state index in [0.717, 1.165) is 6.07 Å². The Kier molecular flexibility index (Phi) is 4.19. The lowest BCUT2D eigenvalue weighted by Crippen LogP contribution is -2.09. The molecule has 0 atom stereocenters. The number of alkyl halides is 3. The van der Waals surface area contributed by atoms with E-state index >= 15 is 0 Å². The maximum absolute atomic E-state index is 14.0. The van der Waals surface area contributed by atoms with Crippen molar-refractivity contribution in [3.8, 4) is 6.07 Å². The predicted molar refractivity (Wildman–Crippen MR) is 73.5 cm³/mol. The minimum absolute atomic E-state index is 0.0576. The molecule has 0 heterocycles. The van der Waals surface area contributed by atoms with E-state index in [1.165, 1.54) is 30.3 Å². The molecule has 2 rings (SSSR count). The van der Waals surface area contributed by atoms with Crippen molar-refractivity contribution in [3.05, 3.63) is 57.8 Å². The summed E-state index contributed by atoms with van der Waals surface area (Å²) in [6, 6.07) is 9.06. The van der Waals surface area contributed by atoms with Gasteiger partial charge in [-0.05, 0) is 40.2 Å². The zero-order chi connectivity index (χ0) is 15.6. The Morgan fingerprint density at radius 2 is 1.71 bits per heavy atom. The highest BCUT2D eigenvalue weighted by Gasteiger charge is 2.33. The molecule has 0 saturated heterocycles. The van der Waals surface area contributed by atoms with Gasteiger partial charge in [0.05, 0.1) is 27.0 Å². The number of nitriles is 1. The van der Waals surface area contributed by atoms with Crippen LogP contribution in [-0.2, 0) is 6.18 Å². The molecule has 0 unspecified atom stereocenters. The number of nitrogens with zero attached hydrogens (tertiary/aromatic N) is 1. The summed E-state index contributed by atoms with van der Waals surface area (Å²) in [4.78, 5) is 0. The minimum atomic E-state index is -4.55. The fourth-order valence-electron chi connectivity index (χ4n) is 1.72. The van der Waals surface area contributed by atoms with Crippen LogP contribution in [0.4, 0.5) is 28.9 Å². The average molecular weight is 359 g/mol. The van der Waals surface area contributed by atoms with E-state index in [2.05, 4.69) is 21.2 Å². The van der Waals surface area contributed by atoms with E-state index in [-0.39, 0.29) is 21.4 Å². The van der Waals surface area contributed by atoms with Crippen LogP contribution in [0.2, 0.25) is 0 Å². The predicted octanol–water partition coefficient (Wildman–Crippen LogP) is 5.22. The van der Waals surface area contributed by atoms with E-state index in [0.29, 0.717) is 0 Å². The number of benzene rings is 2. The van der Waals surface area contributed by atoms with Crippen LogP contribution in [0, 0.1) is 17.1 Å². The first kappa shape index (κ1) is 15.3. The average Bonchev–Trinajstić information content (AvgIpc) is 2.44. The third-order valence-electron chi connectivity index (χ3n) is 2.70. The first-order valence-electron chi connectivity index (χ1n) is 5.66. The number of anilines is 2. The molecule has 0 aliphatic carbocycles. The first-order valence-corrected chi connectivity index (χ1v) is 6.45. The summed E-state index contributed by atoms with van der Waals surface area (Å²) in [6.45, 7) is 0. The molecule has 108 valence electrons. The van der Waals surface area contributed by atoms with Gasteiger partial charge in [-0.3, -0.25) is 0 Å². The maximum atomic E-state index is 14.0. The van der Waals surface area contributed by atoms with Crippen LogP contribution < -0.4 is 5.32 Å². The quantitative estimate of drug-likeness (QED) is 0.746. The van der Waals surface area contributed by atoms with E-state index < -0.39 is 17.6 Å². The highest BCUT2D eigenvalue weighted by atomic mass is 79.9. The van der Waals surface area contributed by atoms with Gasteiger partial charge in [-0.1, -0.05) is 12.1 Å². The summed E-state index contributed by atoms with van der Waals surface area (Å²) < 4.78 is 52.5. The number of rotatable bonds is 2. The minimum Gasteiger partial charge on any atom is -0.353 e. The highest BCUT2D eigenvalue weighted by molar-refractivity contribution is 9.10. The second kappa shape index (κ2) is 5.74. The van der Waals surface area contributed by atoms with Crippen molar-refractivity contribution in [2.75, 3.05) is 5.32 Å². The van der Waals surface area contributed by atoms with Crippen LogP contribution in [0.1, 0.15) is 11.1 Å². The van der Waals surface area contributed by atoms with Gasteiger partial charge in [0.15, 0.2) is 5.82 Å². The first-order chi connectivity index (χ1) is 9.84. The molecule has 0 amide bonds. The smallest absolute Gasteiger partial charge is 0.353 e. The molecule has 0 aliphatic heterocycles. The molecule has 0 saturated carbocycles. The van der Waals surface area contributed by atoms with Crippen LogP contribution >= 0.6 is 15.9 Å². The van der Waals surface area contributed by atoms with Gasteiger partial charge in [0, 0.05) is 0 Å². The Bertz CT molecular complexity index is 720. The molecule has 0 aromatic heterocycles. The molecule has 0 radical (unpaired) electrons. The molecule has 0 fully saturated rings. The lowest BCUT2D eigenvalue weighted by Gasteiger charge is -2.15. The van der Waals surface area contributed by atoms with Gasteiger partial charge < -0.3 is 5.32 Å². The Balaban J connectivity index is 2.45. The van der Waals surface area contributed by atoms with Crippen molar-refractivity contribution in [2.24, 2.45) is 0 Å². The molecule has 0 spiro atoms. The molecule has 0 bridgehead atoms. The summed E-state index contributed by atoms with van der Waals surface area (Å²) in [5, 5.41) is 11.2. The zero-order valence-electron chi connectivity index (χ0n) is 10.3. The molecule has 2 aromatic rings. The van der Waals surface area contributed by atoms with Crippen LogP contribution in [0.25, 0.3) is 0 Å². The van der Waals surface area contributed by atoms with E-state index in [4.69, 9.17) is 5.26 Å². The van der Waals surface area contributed by atoms with E-state index in [1.807, 2.05) is 0 Å². The summed E-state index contributed by atoms with van der Waals surface area (Å²) in [7, 11) is 0. The van der Waals surface area contributed by atoms with Crippen molar-refractivity contribution in [3.63, 3.8) is 0 Å². The SMILES string of the molecule is N#Cc1ccc(Nc2ccccc2C(F)(F)F)c(F)c1Br. The summed E-state index contributed by atoms with van der Waals surface area (Å²) in [5.41, 5.74) is -1.26. The molecule has 21 heavy (non-hydrogen) atoms. The highest BCUT2D eigenvalue weighted by Crippen LogP contribution is 2.37. The molecule has 0 aliphatic rings. The number of halogens is 5. The fraction of sp³-hybridized carbons (Fsp3) is 0.0714. The third-order valence-corrected chi connectivity index (χ3v) is 3.48. The van der Waals surface area contributed by atoms with Crippen LogP contribution in [0.3, 0.4) is 0 Å². The normalized spacial score (nSPS) is 11.0. The van der Waals surface area contributed by atoms with Crippen molar-refractivity contribution >= 4 is 27.3 Å². The van der Waals surface area contributed by atoms with Gasteiger partial charge in [0.1, 0.15) is 6.07 Å². The van der Waals surface area contributed by atoms with Crippen LogP contribution in [0.15, 0.2) is 40.9 Å². The number of hydrogen-bond donors (Lipinski definition) is 1. The third kappa shape index (κ3) is 3.16. The lowest BCUT2D eigenvalue weighted by atomic mass is 10.1. The van der Waals surface area contributed by atoms with Crippen molar-refractivity contribution < 1.29 is 17.6 Å². The zero-order valence-corrected chi connectivity index (χ0v) is 11.9. The van der Waals surface area contributed by atoms with Gasteiger partial charge in [-0.15, -0.1) is 0 Å². The summed E-state index contributed by atoms with van der Waals surface area (Å²) >= 11 is 2.90. The summed E-state index contributed by atoms with van der Waals surface area (Å²) in [6.07, 6.45) is -4.55. The van der Waals surface area contributed by atoms with Crippen molar-refractivity contribution in [1.82, 2.24) is 0 Å². The number of nitrogens with one attached hydrogen (secondary N) is 1. The van der Waals surface area contributed by atoms with Gasteiger partial charge in [0.2, 0.25) is 0 Å². The van der Waals surface area contributed by atoms with E-state index in [9.17, 15) is 17.6 Å². The van der Waals surface area contributed by atoms with Crippen LogP contribution in [-0.4, -0.2) is 0 Å².